The number of hydrogen-bond acceptors (Lipinski definition) is 8. The van der Waals surface area contributed by atoms with Crippen LogP contribution in [0.1, 0.15) is 63.0 Å². The van der Waals surface area contributed by atoms with E-state index < -0.39 is 44.5 Å². The number of carbonyl (C=O) groups is 2. The SMILES string of the molecule is C#CCCCC(=O)NS(=O)(=O)CCCCC(=O)Nc1cccc(-n2c(=O)n(C3CC3)c(=O)c3c(Nc4ccc(I)cc4F)n(C)c(=O)c(C)c32)c1. The van der Waals surface area contributed by atoms with Crippen LogP contribution in [0.2, 0.25) is 0 Å². The van der Waals surface area contributed by atoms with E-state index in [9.17, 15) is 36.8 Å². The van der Waals surface area contributed by atoms with E-state index in [2.05, 4.69) is 16.6 Å². The third kappa shape index (κ3) is 8.59. The van der Waals surface area contributed by atoms with Crippen LogP contribution in [0.25, 0.3) is 16.6 Å². The van der Waals surface area contributed by atoms with Crippen molar-refractivity contribution in [3.05, 3.63) is 88.6 Å². The van der Waals surface area contributed by atoms with Crippen LogP contribution >= 0.6 is 22.6 Å². The zero-order valence-corrected chi connectivity index (χ0v) is 30.9. The number of nitrogens with one attached hydrogen (secondary N) is 3. The summed E-state index contributed by atoms with van der Waals surface area (Å²) in [6.07, 6.45) is 7.41. The van der Waals surface area contributed by atoms with Crippen molar-refractivity contribution in [2.24, 2.45) is 7.05 Å². The topological polar surface area (TPSA) is 170 Å². The van der Waals surface area contributed by atoms with Crippen LogP contribution in [0.15, 0.2) is 56.8 Å². The third-order valence-electron chi connectivity index (χ3n) is 8.39. The van der Waals surface area contributed by atoms with Crippen molar-refractivity contribution >= 4 is 72.5 Å². The molecule has 0 spiro atoms. The van der Waals surface area contributed by atoms with E-state index in [-0.39, 0.29) is 71.1 Å². The van der Waals surface area contributed by atoms with Crippen LogP contribution in [-0.2, 0) is 26.7 Å². The second kappa shape index (κ2) is 15.6. The van der Waals surface area contributed by atoms with E-state index in [1.807, 2.05) is 27.3 Å². The Hall–Kier alpha value is -4.76. The lowest BCUT2D eigenvalue weighted by molar-refractivity contribution is -0.119. The van der Waals surface area contributed by atoms with Gasteiger partial charge in [0, 0.05) is 47.2 Å². The molecule has 2 heterocycles. The molecule has 2 aromatic carbocycles. The molecule has 1 aliphatic rings. The highest BCUT2D eigenvalue weighted by Crippen LogP contribution is 2.34. The van der Waals surface area contributed by atoms with Crippen molar-refractivity contribution in [1.82, 2.24) is 18.4 Å². The number of rotatable bonds is 14. The Morgan fingerprint density at radius 3 is 2.43 bits per heavy atom. The van der Waals surface area contributed by atoms with Crippen molar-refractivity contribution in [3.63, 3.8) is 0 Å². The fraction of sp³-hybridized carbons (Fsp3) is 0.343. The van der Waals surface area contributed by atoms with Gasteiger partial charge in [-0.15, -0.1) is 12.3 Å². The maximum absolute atomic E-state index is 15.0. The van der Waals surface area contributed by atoms with Crippen molar-refractivity contribution in [1.29, 1.82) is 0 Å². The molecule has 1 aliphatic carbocycles. The third-order valence-corrected chi connectivity index (χ3v) is 10.4. The van der Waals surface area contributed by atoms with Crippen molar-refractivity contribution in [2.45, 2.75) is 64.3 Å². The van der Waals surface area contributed by atoms with Gasteiger partial charge in [-0.25, -0.2) is 17.6 Å². The van der Waals surface area contributed by atoms with E-state index in [1.165, 1.54) is 41.3 Å². The summed E-state index contributed by atoms with van der Waals surface area (Å²) in [6, 6.07) is 10.5. The van der Waals surface area contributed by atoms with E-state index in [4.69, 9.17) is 6.42 Å². The number of hydrogen-bond donors (Lipinski definition) is 3. The minimum atomic E-state index is -3.86. The number of sulfonamides is 1. The molecule has 3 N–H and O–H groups in total. The normalized spacial score (nSPS) is 12.8. The number of terminal acetylenes is 1. The first-order valence-electron chi connectivity index (χ1n) is 16.2. The van der Waals surface area contributed by atoms with Crippen LogP contribution in [0.3, 0.4) is 0 Å². The van der Waals surface area contributed by atoms with Gasteiger partial charge in [0.05, 0.1) is 22.6 Å². The lowest BCUT2D eigenvalue weighted by Crippen LogP contribution is -2.41. The van der Waals surface area contributed by atoms with Crippen LogP contribution in [0.4, 0.5) is 21.6 Å². The number of anilines is 3. The highest BCUT2D eigenvalue weighted by molar-refractivity contribution is 14.1. The van der Waals surface area contributed by atoms with E-state index in [1.54, 1.807) is 24.3 Å². The predicted molar refractivity (Wildman–Crippen MR) is 202 cm³/mol. The monoisotopic (exact) mass is 830 g/mol. The van der Waals surface area contributed by atoms with Gasteiger partial charge in [-0.3, -0.25) is 37.6 Å². The molecular formula is C35H36FIN6O7S. The zero-order valence-electron chi connectivity index (χ0n) is 27.9. The average Bonchev–Trinajstić information content (AvgIpc) is 3.90. The number of halogens is 2. The summed E-state index contributed by atoms with van der Waals surface area (Å²) in [7, 11) is -2.40. The summed E-state index contributed by atoms with van der Waals surface area (Å²) in [4.78, 5) is 66.4. The number of nitrogens with zero attached hydrogens (tertiary/aromatic N) is 3. The second-order valence-electron chi connectivity index (χ2n) is 12.3. The van der Waals surface area contributed by atoms with Gasteiger partial charge in [0.25, 0.3) is 11.1 Å². The summed E-state index contributed by atoms with van der Waals surface area (Å²) in [6.45, 7) is 1.51. The molecule has 0 radical (unpaired) electrons. The van der Waals surface area contributed by atoms with Gasteiger partial charge in [0.2, 0.25) is 21.8 Å². The minimum Gasteiger partial charge on any atom is -0.338 e. The highest BCUT2D eigenvalue weighted by atomic mass is 127. The molecule has 51 heavy (non-hydrogen) atoms. The molecule has 5 rings (SSSR count). The van der Waals surface area contributed by atoms with Gasteiger partial charge in [0.1, 0.15) is 17.0 Å². The summed E-state index contributed by atoms with van der Waals surface area (Å²) >= 11 is 1.97. The quantitative estimate of drug-likeness (QED) is 0.0958. The standard InChI is InChI=1S/C35H36FIN6O7S/c1-4-5-6-13-29(45)40-51(49,50)18-8-7-12-28(44)38-23-10-9-11-25(20-23)42-31-21(2)33(46)41(3)32(39-27-17-14-22(37)19-26(27)36)30(31)34(47)43(35(42)48)24-15-16-24/h1,9-11,14,17,19-20,24,39H,5-8,12-13,15-16,18H2,2-3H3,(H,38,44)(H,40,45). The van der Waals surface area contributed by atoms with Crippen LogP contribution in [0.5, 0.6) is 0 Å². The first-order chi connectivity index (χ1) is 24.2. The minimum absolute atomic E-state index is 0.00408. The van der Waals surface area contributed by atoms with Crippen molar-refractivity contribution in [2.75, 3.05) is 16.4 Å². The van der Waals surface area contributed by atoms with Gasteiger partial charge in [-0.05, 0) is 98.0 Å². The average molecular weight is 831 g/mol. The highest BCUT2D eigenvalue weighted by Gasteiger charge is 2.31. The molecule has 4 aromatic rings. The molecule has 13 nitrogen and oxygen atoms in total. The van der Waals surface area contributed by atoms with Crippen molar-refractivity contribution < 1.29 is 22.4 Å². The second-order valence-corrected chi connectivity index (χ2v) is 15.4. The number of unbranched alkanes of at least 4 members (excludes halogenated alkanes) is 2. The Labute approximate surface area is 306 Å². The lowest BCUT2D eigenvalue weighted by Gasteiger charge is -2.21. The van der Waals surface area contributed by atoms with E-state index in [0.717, 1.165) is 4.57 Å². The first kappa shape index (κ1) is 37.5. The molecule has 0 aliphatic heterocycles. The first-order valence-corrected chi connectivity index (χ1v) is 19.0. The summed E-state index contributed by atoms with van der Waals surface area (Å²) < 4.78 is 45.8. The Balaban J connectivity index is 1.43. The number of fused-ring (bicyclic) bond motifs is 1. The lowest BCUT2D eigenvalue weighted by atomic mass is 10.1. The molecule has 2 amide bonds. The fourth-order valence-corrected chi connectivity index (χ4v) is 7.31. The molecule has 16 heteroatoms. The Morgan fingerprint density at radius 1 is 1.02 bits per heavy atom. The summed E-state index contributed by atoms with van der Waals surface area (Å²) in [5, 5.41) is 5.70. The van der Waals surface area contributed by atoms with Gasteiger partial charge in [-0.1, -0.05) is 6.07 Å². The van der Waals surface area contributed by atoms with Gasteiger partial charge in [-0.2, -0.15) is 0 Å². The molecule has 0 atom stereocenters. The van der Waals surface area contributed by atoms with Crippen LogP contribution in [-0.4, -0.2) is 39.7 Å². The van der Waals surface area contributed by atoms with E-state index in [0.29, 0.717) is 34.9 Å². The molecule has 1 fully saturated rings. The van der Waals surface area contributed by atoms with Gasteiger partial charge >= 0.3 is 5.69 Å². The van der Waals surface area contributed by atoms with Gasteiger partial charge < -0.3 is 10.6 Å². The summed E-state index contributed by atoms with van der Waals surface area (Å²) in [5.41, 5.74) is -1.01. The number of carbonyl (C=O) groups excluding carboxylic acids is 2. The number of benzene rings is 2. The zero-order chi connectivity index (χ0) is 37.0. The number of amides is 2. The fourth-order valence-electron chi connectivity index (χ4n) is 5.72. The number of pyridine rings is 1. The van der Waals surface area contributed by atoms with Crippen molar-refractivity contribution in [3.8, 4) is 18.0 Å². The number of aromatic nitrogens is 3. The maximum atomic E-state index is 15.0. The molecule has 268 valence electrons. The number of aryl methyl sites for hydroxylation is 1. The Bertz CT molecular complexity index is 2380. The predicted octanol–water partition coefficient (Wildman–Crippen LogP) is 4.34. The van der Waals surface area contributed by atoms with Gasteiger partial charge in [0.15, 0.2) is 0 Å². The molecular weight excluding hydrogens is 794 g/mol. The Kier molecular flexibility index (Phi) is 11.5. The summed E-state index contributed by atoms with van der Waals surface area (Å²) in [5.74, 6) is 0.418. The smallest absolute Gasteiger partial charge is 0.336 e. The molecule has 2 aromatic heterocycles. The molecule has 0 saturated heterocycles. The van der Waals surface area contributed by atoms with Crippen LogP contribution in [0, 0.1) is 28.7 Å². The Morgan fingerprint density at radius 2 is 1.75 bits per heavy atom. The van der Waals surface area contributed by atoms with E-state index >= 15 is 0 Å². The maximum Gasteiger partial charge on any atom is 0.336 e. The molecule has 0 unspecified atom stereocenters. The van der Waals surface area contributed by atoms with Crippen LogP contribution < -0.4 is 32.2 Å². The largest absolute Gasteiger partial charge is 0.338 e. The molecule has 0 bridgehead atoms. The molecule has 1 saturated carbocycles.